The smallest absolute Gasteiger partial charge is 0.542 e. The van der Waals surface area contributed by atoms with Gasteiger partial charge in [0.2, 0.25) is 11.5 Å². The SMILES string of the molecule is CCc1c(S(=O)(=O)NCO[P+](=O)Oc2ccc(C#N)c(F)c2)sc2c(F)c(OCC[NH3+])c(OCC[NH3+])c(F)c12.O=C([O-])C(F)(F)F.O=C([O-])C(F)(F)F. The minimum Gasteiger partial charge on any atom is -0.542 e. The number of benzene rings is 2. The summed E-state index contributed by atoms with van der Waals surface area (Å²) < 4.78 is 168. The number of carbonyl (C=O) groups is 2. The van der Waals surface area contributed by atoms with Crippen molar-refractivity contribution in [3.63, 3.8) is 0 Å². The van der Waals surface area contributed by atoms with Crippen LogP contribution in [0.4, 0.5) is 39.5 Å². The summed E-state index contributed by atoms with van der Waals surface area (Å²) in [6.45, 7) is 1.18. The van der Waals surface area contributed by atoms with E-state index in [1.807, 2.05) is 4.72 Å². The summed E-state index contributed by atoms with van der Waals surface area (Å²) in [5.41, 5.74) is 6.95. The number of hydrogen-bond acceptors (Lipinski definition) is 13. The van der Waals surface area contributed by atoms with E-state index >= 15 is 8.78 Å². The lowest BCUT2D eigenvalue weighted by Crippen LogP contribution is -2.53. The molecule has 0 aliphatic carbocycles. The van der Waals surface area contributed by atoms with Crippen LogP contribution in [0.15, 0.2) is 22.4 Å². The lowest BCUT2D eigenvalue weighted by atomic mass is 10.1. The van der Waals surface area contributed by atoms with E-state index in [4.69, 9.17) is 43.6 Å². The van der Waals surface area contributed by atoms with Crippen molar-refractivity contribution in [3.05, 3.63) is 46.8 Å². The highest BCUT2D eigenvalue weighted by atomic mass is 32.2. The van der Waals surface area contributed by atoms with Crippen molar-refractivity contribution in [3.8, 4) is 23.3 Å². The molecule has 0 aliphatic rings. The third-order valence-electron chi connectivity index (χ3n) is 5.50. The topological polar surface area (TPSA) is 259 Å². The number of thiophene rings is 1. The van der Waals surface area contributed by atoms with Crippen LogP contribution in [0.2, 0.25) is 0 Å². The van der Waals surface area contributed by atoms with E-state index < -0.39 is 78.3 Å². The predicted molar refractivity (Wildman–Crippen MR) is 155 cm³/mol. The molecule has 0 saturated carbocycles. The van der Waals surface area contributed by atoms with Gasteiger partial charge in [0.25, 0.3) is 10.0 Å². The molecule has 27 heteroatoms. The van der Waals surface area contributed by atoms with E-state index in [9.17, 15) is 43.7 Å². The Morgan fingerprint density at radius 2 is 1.45 bits per heavy atom. The molecule has 0 saturated heterocycles. The van der Waals surface area contributed by atoms with Gasteiger partial charge in [0.15, 0.2) is 24.1 Å². The first kappa shape index (κ1) is 46.5. The Labute approximate surface area is 296 Å². The summed E-state index contributed by atoms with van der Waals surface area (Å²) >= 11 is 0.486. The Bertz CT molecular complexity index is 1910. The number of nitrogens with zero attached hydrogens (tertiary/aromatic N) is 1. The van der Waals surface area contributed by atoms with Gasteiger partial charge in [-0.05, 0) is 24.1 Å². The van der Waals surface area contributed by atoms with Crippen LogP contribution in [0.3, 0.4) is 0 Å². The molecule has 0 fully saturated rings. The van der Waals surface area contributed by atoms with E-state index in [1.165, 1.54) is 6.07 Å². The summed E-state index contributed by atoms with van der Waals surface area (Å²) in [5, 5.41) is 26.1. The minimum absolute atomic E-state index is 0.00391. The number of nitriles is 1. The number of nitrogens with one attached hydrogen (secondary N) is 1. The van der Waals surface area contributed by atoms with Gasteiger partial charge in [-0.15, -0.1) is 11.3 Å². The molecular weight excluding hydrogens is 810 g/mol. The van der Waals surface area contributed by atoms with Crippen molar-refractivity contribution in [2.75, 3.05) is 33.0 Å². The number of hydrogen-bond donors (Lipinski definition) is 3. The zero-order chi connectivity index (χ0) is 40.9. The van der Waals surface area contributed by atoms with Gasteiger partial charge < -0.3 is 40.7 Å². The number of sulfonamides is 1. The fourth-order valence-corrected chi connectivity index (χ4v) is 6.80. The van der Waals surface area contributed by atoms with Crippen LogP contribution in [0.5, 0.6) is 17.2 Å². The van der Waals surface area contributed by atoms with Crippen molar-refractivity contribution < 1.29 is 102 Å². The van der Waals surface area contributed by atoms with E-state index in [2.05, 4.69) is 11.5 Å². The fourth-order valence-electron chi connectivity index (χ4n) is 3.37. The number of carboxylic acid groups (broad SMARTS) is 2. The number of alkyl halides is 6. The highest BCUT2D eigenvalue weighted by Crippen LogP contribution is 2.46. The standard InChI is InChI=1S/C22H23F3N4O7PS2.2C2HF3O2/c1-2-14-16-17(24)19(33-7-5-26)20(34-8-6-27)18(25)21(16)38-22(14)39(31,32)29-11-35-37(30)36-13-4-3-12(10-28)15(23)9-13;2*3-2(4,5)1(6)7/h3-4,9,29H,2,5-8,11,26-27H2,1H3;2*(H,6,7)/q+1;;. The number of ether oxygens (including phenoxy) is 2. The number of halogens is 9. The average molecular weight is 836 g/mol. The summed E-state index contributed by atoms with van der Waals surface area (Å²) in [6, 6.07) is 4.72. The number of rotatable bonds is 14. The van der Waals surface area contributed by atoms with Crippen molar-refractivity contribution >= 4 is 51.6 Å². The van der Waals surface area contributed by atoms with Gasteiger partial charge in [-0.3, -0.25) is 0 Å². The summed E-state index contributed by atoms with van der Waals surface area (Å²) in [6.07, 6.45) is -10.4. The van der Waals surface area contributed by atoms with Crippen LogP contribution in [0.1, 0.15) is 18.1 Å². The Hall–Kier alpha value is -4.51. The maximum atomic E-state index is 15.6. The number of carbonyl (C=O) groups excluding carboxylic acids is 2. The second-order valence-corrected chi connectivity index (χ2v) is 13.0. The van der Waals surface area contributed by atoms with Crippen molar-refractivity contribution in [1.29, 1.82) is 5.26 Å². The first-order chi connectivity index (χ1) is 24.5. The second-order valence-electron chi connectivity index (χ2n) is 9.18. The van der Waals surface area contributed by atoms with Gasteiger partial charge in [0.1, 0.15) is 54.3 Å². The zero-order valence-corrected chi connectivity index (χ0v) is 29.0. The maximum Gasteiger partial charge on any atom is 0.751 e. The van der Waals surface area contributed by atoms with Crippen LogP contribution < -0.4 is 40.4 Å². The van der Waals surface area contributed by atoms with Crippen molar-refractivity contribution in [2.24, 2.45) is 0 Å². The molecule has 7 N–H and O–H groups in total. The molecule has 2 aromatic carbocycles. The molecule has 0 bridgehead atoms. The number of fused-ring (bicyclic) bond motifs is 1. The molecule has 0 spiro atoms. The molecule has 1 aromatic heterocycles. The van der Waals surface area contributed by atoms with Gasteiger partial charge in [-0.1, -0.05) is 11.4 Å². The molecule has 0 aliphatic heterocycles. The fraction of sp³-hybridized carbons (Fsp3) is 0.346. The number of carboxylic acids is 2. The molecule has 1 heterocycles. The average Bonchev–Trinajstić information content (AvgIpc) is 3.46. The molecule has 0 radical (unpaired) electrons. The summed E-state index contributed by atoms with van der Waals surface area (Å²) in [4.78, 5) is 17.6. The molecular formula is C26H25F9N4O11PS2+. The molecule has 0 amide bonds. The lowest BCUT2D eigenvalue weighted by Gasteiger charge is -2.14. The normalized spacial score (nSPS) is 11.7. The van der Waals surface area contributed by atoms with E-state index in [1.54, 1.807) is 13.0 Å². The van der Waals surface area contributed by atoms with Crippen molar-refractivity contribution in [1.82, 2.24) is 4.72 Å². The monoisotopic (exact) mass is 835 g/mol. The Morgan fingerprint density at radius 1 is 0.962 bits per heavy atom. The zero-order valence-electron chi connectivity index (χ0n) is 26.5. The van der Waals surface area contributed by atoms with Crippen LogP contribution in [0, 0.1) is 28.8 Å². The highest BCUT2D eigenvalue weighted by molar-refractivity contribution is 7.91. The number of quaternary nitrogens is 2. The predicted octanol–water partition coefficient (Wildman–Crippen LogP) is 0.580. The highest BCUT2D eigenvalue weighted by Gasteiger charge is 2.33. The van der Waals surface area contributed by atoms with Gasteiger partial charge >= 0.3 is 20.6 Å². The largest absolute Gasteiger partial charge is 0.751 e. The van der Waals surface area contributed by atoms with Crippen LogP contribution in [-0.2, 0) is 35.1 Å². The molecule has 1 unspecified atom stereocenters. The third kappa shape index (κ3) is 13.4. The summed E-state index contributed by atoms with van der Waals surface area (Å²) in [5.74, 6) is -10.1. The van der Waals surface area contributed by atoms with Gasteiger partial charge in [0.05, 0.1) is 10.3 Å². The Balaban J connectivity index is 0.000000845. The first-order valence-corrected chi connectivity index (χ1v) is 17.2. The Kier molecular flexibility index (Phi) is 17.6. The molecule has 15 nitrogen and oxygen atoms in total. The van der Waals surface area contributed by atoms with E-state index in [0.717, 1.165) is 12.1 Å². The number of aliphatic carboxylic acids is 2. The van der Waals surface area contributed by atoms with Crippen molar-refractivity contribution in [2.45, 2.75) is 29.9 Å². The second kappa shape index (κ2) is 20.1. The summed E-state index contributed by atoms with van der Waals surface area (Å²) in [7, 11) is -7.37. The lowest BCUT2D eigenvalue weighted by molar-refractivity contribution is -0.372. The minimum atomic E-state index is -5.19. The van der Waals surface area contributed by atoms with Crippen LogP contribution in [0.25, 0.3) is 10.1 Å². The van der Waals surface area contributed by atoms with E-state index in [-0.39, 0.29) is 63.9 Å². The number of aryl methyl sites for hydroxylation is 1. The van der Waals surface area contributed by atoms with Gasteiger partial charge in [0, 0.05) is 16.0 Å². The molecule has 53 heavy (non-hydrogen) atoms. The molecule has 294 valence electrons. The van der Waals surface area contributed by atoms with Gasteiger partial charge in [-0.2, -0.15) is 36.3 Å². The third-order valence-corrected chi connectivity index (χ3v) is 9.36. The first-order valence-electron chi connectivity index (χ1n) is 13.8. The van der Waals surface area contributed by atoms with Crippen LogP contribution >= 0.6 is 19.6 Å². The molecule has 3 rings (SSSR count). The maximum absolute atomic E-state index is 15.6. The van der Waals surface area contributed by atoms with E-state index in [0.29, 0.717) is 11.3 Å². The van der Waals surface area contributed by atoms with Crippen LogP contribution in [-0.4, -0.2) is 65.7 Å². The molecule has 1 atom stereocenters. The quantitative estimate of drug-likeness (QED) is 0.115. The van der Waals surface area contributed by atoms with Gasteiger partial charge in [-0.25, -0.2) is 26.1 Å². The molecule has 3 aromatic rings. The Morgan fingerprint density at radius 3 is 1.87 bits per heavy atom.